The average molecular weight is 618 g/mol. The summed E-state index contributed by atoms with van der Waals surface area (Å²) in [5.41, 5.74) is -2.12. The van der Waals surface area contributed by atoms with E-state index < -0.39 is 51.6 Å². The van der Waals surface area contributed by atoms with Crippen LogP contribution in [0.1, 0.15) is 52.0 Å². The van der Waals surface area contributed by atoms with Gasteiger partial charge in [-0.15, -0.1) is 0 Å². The van der Waals surface area contributed by atoms with Crippen LogP contribution in [-0.2, 0) is 25.7 Å². The van der Waals surface area contributed by atoms with Crippen molar-refractivity contribution >= 4 is 39.3 Å². The Morgan fingerprint density at radius 3 is 2.44 bits per heavy atom. The van der Waals surface area contributed by atoms with Crippen molar-refractivity contribution in [1.29, 1.82) is 0 Å². The molecule has 0 aromatic heterocycles. The molecule has 2 aromatic rings. The Bertz CT molecular complexity index is 1320. The van der Waals surface area contributed by atoms with E-state index in [1.807, 2.05) is 0 Å². The van der Waals surface area contributed by atoms with Crippen LogP contribution < -0.4 is 9.62 Å². The van der Waals surface area contributed by atoms with Crippen LogP contribution in [0.3, 0.4) is 0 Å². The van der Waals surface area contributed by atoms with Crippen LogP contribution in [0.2, 0.25) is 5.02 Å². The summed E-state index contributed by atoms with van der Waals surface area (Å²) >= 11 is 6.22. The minimum Gasteiger partial charge on any atom is -0.444 e. The Morgan fingerprint density at radius 2 is 1.80 bits per heavy atom. The molecular formula is C28H35ClF3N3O5S. The van der Waals surface area contributed by atoms with Crippen LogP contribution >= 0.6 is 11.6 Å². The van der Waals surface area contributed by atoms with Gasteiger partial charge in [0.1, 0.15) is 12.1 Å². The Hall–Kier alpha value is -2.99. The third kappa shape index (κ3) is 9.26. The summed E-state index contributed by atoms with van der Waals surface area (Å²) < 4.78 is 73.6. The Kier molecular flexibility index (Phi) is 10.6. The summed E-state index contributed by atoms with van der Waals surface area (Å²) in [4.78, 5) is 26.6. The van der Waals surface area contributed by atoms with Crippen molar-refractivity contribution in [3.8, 4) is 0 Å². The molecule has 0 bridgehead atoms. The number of nitrogens with zero attached hydrogens (tertiary/aromatic N) is 2. The van der Waals surface area contributed by atoms with Gasteiger partial charge in [-0.05, 0) is 82.7 Å². The van der Waals surface area contributed by atoms with Crippen molar-refractivity contribution in [2.45, 2.75) is 63.1 Å². The molecule has 0 saturated carbocycles. The molecule has 2 aromatic carbocycles. The molecule has 3 rings (SSSR count). The highest BCUT2D eigenvalue weighted by molar-refractivity contribution is 7.92. The predicted octanol–water partition coefficient (Wildman–Crippen LogP) is 6.10. The van der Waals surface area contributed by atoms with E-state index in [-0.39, 0.29) is 15.8 Å². The van der Waals surface area contributed by atoms with Gasteiger partial charge in [-0.25, -0.2) is 13.2 Å². The normalized spacial score (nSPS) is 16.3. The Balaban J connectivity index is 1.75. The highest BCUT2D eigenvalue weighted by Crippen LogP contribution is 2.37. The molecule has 1 N–H and O–H groups in total. The van der Waals surface area contributed by atoms with E-state index in [9.17, 15) is 31.2 Å². The second-order valence-corrected chi connectivity index (χ2v) is 13.2. The molecule has 226 valence electrons. The molecule has 0 radical (unpaired) electrons. The van der Waals surface area contributed by atoms with E-state index in [4.69, 9.17) is 16.3 Å². The maximum Gasteiger partial charge on any atom is 0.416 e. The number of carbonyl (C=O) groups is 2. The molecule has 41 heavy (non-hydrogen) atoms. The predicted molar refractivity (Wildman–Crippen MR) is 150 cm³/mol. The smallest absolute Gasteiger partial charge is 0.416 e. The molecule has 1 heterocycles. The van der Waals surface area contributed by atoms with Crippen molar-refractivity contribution < 1.29 is 35.9 Å². The lowest BCUT2D eigenvalue weighted by Gasteiger charge is -2.35. The van der Waals surface area contributed by atoms with E-state index in [0.29, 0.717) is 49.3 Å². The van der Waals surface area contributed by atoms with Gasteiger partial charge in [-0.2, -0.15) is 13.2 Å². The maximum atomic E-state index is 13.6. The largest absolute Gasteiger partial charge is 0.444 e. The SMILES string of the molecule is CC(C)(C)OC(=O)NCCCC1CCCN(C(=O)CN(c2cc(C(F)(F)F)ccc2Cl)S(=O)(=O)c2ccccc2)C1. The van der Waals surface area contributed by atoms with Gasteiger partial charge in [-0.3, -0.25) is 9.10 Å². The van der Waals surface area contributed by atoms with Crippen LogP contribution in [0.25, 0.3) is 0 Å². The van der Waals surface area contributed by atoms with E-state index in [1.165, 1.54) is 29.2 Å². The molecule has 0 aliphatic carbocycles. The van der Waals surface area contributed by atoms with E-state index in [0.717, 1.165) is 18.6 Å². The zero-order valence-electron chi connectivity index (χ0n) is 23.2. The monoisotopic (exact) mass is 617 g/mol. The lowest BCUT2D eigenvalue weighted by Crippen LogP contribution is -2.47. The summed E-state index contributed by atoms with van der Waals surface area (Å²) in [5, 5.41) is 2.47. The highest BCUT2D eigenvalue weighted by atomic mass is 35.5. The number of alkyl halides is 3. The average Bonchev–Trinajstić information content (AvgIpc) is 2.89. The number of hydrogen-bond donors (Lipinski definition) is 1. The van der Waals surface area contributed by atoms with Crippen molar-refractivity contribution in [2.75, 3.05) is 30.5 Å². The fraction of sp³-hybridized carbons (Fsp3) is 0.500. The van der Waals surface area contributed by atoms with Crippen molar-refractivity contribution in [3.63, 3.8) is 0 Å². The molecule has 0 spiro atoms. The number of nitrogens with one attached hydrogen (secondary N) is 1. The number of rotatable bonds is 9. The number of amides is 2. The number of anilines is 1. The van der Waals surface area contributed by atoms with E-state index in [2.05, 4.69) is 5.32 Å². The van der Waals surface area contributed by atoms with Crippen molar-refractivity contribution in [3.05, 3.63) is 59.1 Å². The first-order chi connectivity index (χ1) is 19.1. The minimum atomic E-state index is -4.75. The number of alkyl carbamates (subject to hydrolysis) is 1. The third-order valence-corrected chi connectivity index (χ3v) is 8.57. The molecule has 2 amide bonds. The zero-order valence-corrected chi connectivity index (χ0v) is 24.8. The highest BCUT2D eigenvalue weighted by Gasteiger charge is 2.35. The number of benzene rings is 2. The topological polar surface area (TPSA) is 96.0 Å². The summed E-state index contributed by atoms with van der Waals surface area (Å²) in [6, 6.07) is 9.54. The number of sulfonamides is 1. The molecular weight excluding hydrogens is 583 g/mol. The molecule has 1 unspecified atom stereocenters. The van der Waals surface area contributed by atoms with Crippen LogP contribution in [0.15, 0.2) is 53.4 Å². The number of piperidine rings is 1. The summed E-state index contributed by atoms with van der Waals surface area (Å²) in [6.07, 6.45) is -2.35. The summed E-state index contributed by atoms with van der Waals surface area (Å²) in [5.74, 6) is -0.431. The third-order valence-electron chi connectivity index (χ3n) is 6.48. The van der Waals surface area contributed by atoms with Gasteiger partial charge in [0, 0.05) is 19.6 Å². The molecule has 1 atom stereocenters. The lowest BCUT2D eigenvalue weighted by molar-refractivity contribution is -0.137. The first kappa shape index (κ1) is 32.5. The van der Waals surface area contributed by atoms with Crippen LogP contribution in [0.4, 0.5) is 23.7 Å². The molecule has 1 fully saturated rings. The Morgan fingerprint density at radius 1 is 1.12 bits per heavy atom. The van der Waals surface area contributed by atoms with Gasteiger partial charge in [0.05, 0.1) is 21.2 Å². The molecule has 1 aliphatic rings. The summed E-state index contributed by atoms with van der Waals surface area (Å²) in [6.45, 7) is 5.75. The van der Waals surface area contributed by atoms with E-state index >= 15 is 0 Å². The van der Waals surface area contributed by atoms with Gasteiger partial charge in [-0.1, -0.05) is 29.8 Å². The quantitative estimate of drug-likeness (QED) is 0.343. The number of likely N-dealkylation sites (tertiary alicyclic amines) is 1. The van der Waals surface area contributed by atoms with E-state index in [1.54, 1.807) is 26.8 Å². The van der Waals surface area contributed by atoms with Crippen molar-refractivity contribution in [2.24, 2.45) is 5.92 Å². The van der Waals surface area contributed by atoms with Crippen molar-refractivity contribution in [1.82, 2.24) is 10.2 Å². The fourth-order valence-electron chi connectivity index (χ4n) is 4.54. The maximum absolute atomic E-state index is 13.6. The standard InChI is InChI=1S/C28H35ClF3N3O5S/c1-27(2,3)40-26(37)33-15-7-9-20-10-8-16-34(18-20)25(36)19-35(41(38,39)22-11-5-4-6-12-22)24-17-21(28(30,31)32)13-14-23(24)29/h4-6,11-14,17,20H,7-10,15-16,18-19H2,1-3H3,(H,33,37). The molecule has 1 aliphatic heterocycles. The van der Waals surface area contributed by atoms with Gasteiger partial charge >= 0.3 is 12.3 Å². The minimum absolute atomic E-state index is 0.115. The molecule has 13 heteroatoms. The Labute approximate surface area is 243 Å². The van der Waals surface area contributed by atoms with Gasteiger partial charge in [0.2, 0.25) is 5.91 Å². The zero-order chi connectivity index (χ0) is 30.4. The lowest BCUT2D eigenvalue weighted by atomic mass is 9.93. The molecule has 8 nitrogen and oxygen atoms in total. The second kappa shape index (κ2) is 13.3. The number of ether oxygens (including phenoxy) is 1. The van der Waals surface area contributed by atoms with Crippen LogP contribution in [0.5, 0.6) is 0 Å². The first-order valence-corrected chi connectivity index (χ1v) is 15.1. The first-order valence-electron chi connectivity index (χ1n) is 13.3. The molecule has 1 saturated heterocycles. The van der Waals surface area contributed by atoms with Gasteiger partial charge in [0.15, 0.2) is 0 Å². The summed E-state index contributed by atoms with van der Waals surface area (Å²) in [7, 11) is -4.44. The number of halogens is 4. The number of carbonyl (C=O) groups excluding carboxylic acids is 2. The second-order valence-electron chi connectivity index (χ2n) is 10.9. The fourth-order valence-corrected chi connectivity index (χ4v) is 6.26. The van der Waals surface area contributed by atoms with Crippen LogP contribution in [0, 0.1) is 5.92 Å². The van der Waals surface area contributed by atoms with Gasteiger partial charge in [0.25, 0.3) is 10.0 Å². The number of hydrogen-bond acceptors (Lipinski definition) is 5. The van der Waals surface area contributed by atoms with Gasteiger partial charge < -0.3 is 15.0 Å². The van der Waals surface area contributed by atoms with Crippen LogP contribution in [-0.4, -0.2) is 57.1 Å².